The number of aliphatic hydroxyl groups is 1. The highest BCUT2D eigenvalue weighted by Crippen LogP contribution is 2.30. The smallest absolute Gasteiger partial charge is 0.137 e. The fraction of sp³-hybridized carbons (Fsp3) is 0.0952. The van der Waals surface area contributed by atoms with E-state index >= 15 is 0 Å². The van der Waals surface area contributed by atoms with Gasteiger partial charge in [0.25, 0.3) is 0 Å². The first-order valence-electron chi connectivity index (χ1n) is 16.2. The number of imidazole rings is 2. The van der Waals surface area contributed by atoms with E-state index in [-0.39, 0.29) is 0 Å². The molecule has 8 heteroatoms. The van der Waals surface area contributed by atoms with Crippen molar-refractivity contribution in [2.24, 2.45) is 0 Å². The lowest BCUT2D eigenvalue weighted by Crippen LogP contribution is -1.95. The molecule has 1 atom stereocenters. The van der Waals surface area contributed by atoms with Crippen molar-refractivity contribution in [2.45, 2.75) is 19.6 Å². The van der Waals surface area contributed by atoms with Crippen LogP contribution in [0.25, 0.3) is 56.1 Å². The normalized spacial score (nSPS) is 11.8. The minimum absolute atomic E-state index is 0.515. The molecule has 4 heterocycles. The maximum Gasteiger partial charge on any atom is 0.137 e. The van der Waals surface area contributed by atoms with Crippen molar-refractivity contribution in [3.63, 3.8) is 0 Å². The topological polar surface area (TPSA) is 64.1 Å². The van der Waals surface area contributed by atoms with Gasteiger partial charge in [-0.15, -0.1) is 0 Å². The molecule has 0 aliphatic carbocycles. The SMILES string of the molecule is CC(O)c1ccccc1-c1ccc2nc(-c3ccc(Cl)cc3)cn2c1.COCc1ccccc1-c1ccc2nc(-c3ccc(Cl)cc3)cn2c1. The molecule has 0 radical (unpaired) electrons. The van der Waals surface area contributed by atoms with E-state index in [1.54, 1.807) is 14.0 Å². The summed E-state index contributed by atoms with van der Waals surface area (Å²) in [7, 11) is 1.72. The van der Waals surface area contributed by atoms with Gasteiger partial charge in [-0.3, -0.25) is 0 Å². The third kappa shape index (κ3) is 7.20. The Hall–Kier alpha value is -5.24. The Morgan fingerprint density at radius 1 is 0.580 bits per heavy atom. The summed E-state index contributed by atoms with van der Waals surface area (Å²) < 4.78 is 9.39. The number of hydrogen-bond acceptors (Lipinski definition) is 4. The molecule has 1 N–H and O–H groups in total. The molecular weight excluding hydrogens is 663 g/mol. The van der Waals surface area contributed by atoms with E-state index in [1.165, 1.54) is 11.1 Å². The zero-order valence-corrected chi connectivity index (χ0v) is 29.1. The molecule has 0 bridgehead atoms. The molecule has 0 amide bonds. The van der Waals surface area contributed by atoms with Gasteiger partial charge in [0.1, 0.15) is 11.3 Å². The number of aliphatic hydroxyl groups excluding tert-OH is 1. The van der Waals surface area contributed by atoms with Crippen molar-refractivity contribution in [3.05, 3.63) is 167 Å². The van der Waals surface area contributed by atoms with Crippen LogP contribution in [0, 0.1) is 0 Å². The third-order valence-corrected chi connectivity index (χ3v) is 9.04. The maximum atomic E-state index is 10.0. The van der Waals surface area contributed by atoms with Crippen LogP contribution in [0.15, 0.2) is 146 Å². The number of halogens is 2. The first-order chi connectivity index (χ1) is 24.4. The van der Waals surface area contributed by atoms with Crippen LogP contribution in [0.2, 0.25) is 10.0 Å². The van der Waals surface area contributed by atoms with E-state index in [9.17, 15) is 5.11 Å². The fourth-order valence-electron chi connectivity index (χ4n) is 6.03. The molecule has 0 saturated carbocycles. The molecule has 6 nitrogen and oxygen atoms in total. The Morgan fingerprint density at radius 2 is 1.04 bits per heavy atom. The summed E-state index contributed by atoms with van der Waals surface area (Å²) in [6.45, 7) is 2.38. The molecule has 0 saturated heterocycles. The van der Waals surface area contributed by atoms with Gasteiger partial charge < -0.3 is 18.6 Å². The second-order valence-corrected chi connectivity index (χ2v) is 12.9. The van der Waals surface area contributed by atoms with Crippen LogP contribution in [0.4, 0.5) is 0 Å². The van der Waals surface area contributed by atoms with Crippen molar-refractivity contribution in [1.29, 1.82) is 0 Å². The summed E-state index contributed by atoms with van der Waals surface area (Å²) in [6.07, 6.45) is 7.69. The molecular formula is C42H34Cl2N4O2. The predicted octanol–water partition coefficient (Wildman–Crippen LogP) is 10.8. The minimum Gasteiger partial charge on any atom is -0.389 e. The molecule has 0 aliphatic rings. The van der Waals surface area contributed by atoms with Crippen LogP contribution >= 0.6 is 23.2 Å². The zero-order chi connectivity index (χ0) is 34.6. The van der Waals surface area contributed by atoms with Crippen LogP contribution in [-0.2, 0) is 11.3 Å². The van der Waals surface area contributed by atoms with Crippen LogP contribution in [0.5, 0.6) is 0 Å². The quantitative estimate of drug-likeness (QED) is 0.180. The number of nitrogens with zero attached hydrogens (tertiary/aromatic N) is 4. The highest BCUT2D eigenvalue weighted by molar-refractivity contribution is 6.30. The molecule has 8 rings (SSSR count). The van der Waals surface area contributed by atoms with Crippen molar-refractivity contribution in [3.8, 4) is 44.8 Å². The highest BCUT2D eigenvalue weighted by atomic mass is 35.5. The summed E-state index contributed by atoms with van der Waals surface area (Å²) in [5, 5.41) is 11.5. The van der Waals surface area contributed by atoms with Crippen molar-refractivity contribution in [1.82, 2.24) is 18.8 Å². The highest BCUT2D eigenvalue weighted by Gasteiger charge is 2.12. The average Bonchev–Trinajstić information content (AvgIpc) is 3.77. The van der Waals surface area contributed by atoms with Crippen LogP contribution in [0.3, 0.4) is 0 Å². The Kier molecular flexibility index (Phi) is 9.78. The molecule has 1 unspecified atom stereocenters. The standard InChI is InChI=1S/2C21H17ClN2O/c1-25-14-17-4-2-3-5-19(17)16-8-11-21-23-20(13-24(21)12-16)15-6-9-18(22)10-7-15;1-14(25)18-4-2-3-5-19(18)16-8-11-21-23-20(13-24(21)12-16)15-6-9-17(22)10-7-15/h2-13H,14H2,1H3;2-14,25H,1H3. The van der Waals surface area contributed by atoms with Gasteiger partial charge in [0.15, 0.2) is 0 Å². The molecule has 248 valence electrons. The molecule has 8 aromatic rings. The van der Waals surface area contributed by atoms with Gasteiger partial charge in [-0.25, -0.2) is 9.97 Å². The van der Waals surface area contributed by atoms with Crippen LogP contribution in [0.1, 0.15) is 24.2 Å². The summed E-state index contributed by atoms with van der Waals surface area (Å²) in [5.74, 6) is 0. The number of benzene rings is 4. The number of pyridine rings is 2. The van der Waals surface area contributed by atoms with Gasteiger partial charge >= 0.3 is 0 Å². The average molecular weight is 698 g/mol. The lowest BCUT2D eigenvalue weighted by molar-refractivity contribution is 0.185. The predicted molar refractivity (Wildman–Crippen MR) is 203 cm³/mol. The number of methoxy groups -OCH3 is 1. The Balaban J connectivity index is 0.000000157. The van der Waals surface area contributed by atoms with E-state index < -0.39 is 6.10 Å². The molecule has 0 fully saturated rings. The first-order valence-corrected chi connectivity index (χ1v) is 17.0. The lowest BCUT2D eigenvalue weighted by atomic mass is 9.98. The molecule has 4 aromatic heterocycles. The monoisotopic (exact) mass is 696 g/mol. The molecule has 0 spiro atoms. The maximum absolute atomic E-state index is 10.0. The van der Waals surface area contributed by atoms with Gasteiger partial charge in [0.2, 0.25) is 0 Å². The van der Waals surface area contributed by atoms with Gasteiger partial charge in [-0.05, 0) is 88.8 Å². The summed E-state index contributed by atoms with van der Waals surface area (Å²) >= 11 is 11.9. The number of rotatable bonds is 7. The third-order valence-electron chi connectivity index (χ3n) is 8.53. The zero-order valence-electron chi connectivity index (χ0n) is 27.5. The number of hydrogen-bond donors (Lipinski definition) is 1. The van der Waals surface area contributed by atoms with E-state index in [0.29, 0.717) is 11.6 Å². The van der Waals surface area contributed by atoms with Crippen molar-refractivity contribution >= 4 is 34.5 Å². The Morgan fingerprint density at radius 3 is 1.56 bits per heavy atom. The largest absolute Gasteiger partial charge is 0.389 e. The first kappa shape index (κ1) is 33.3. The van der Waals surface area contributed by atoms with Crippen LogP contribution < -0.4 is 0 Å². The second kappa shape index (κ2) is 14.7. The molecule has 50 heavy (non-hydrogen) atoms. The van der Waals surface area contributed by atoms with E-state index in [0.717, 1.165) is 61.1 Å². The summed E-state index contributed by atoms with van der Waals surface area (Å²) in [4.78, 5) is 9.38. The van der Waals surface area contributed by atoms with E-state index in [1.807, 2.05) is 126 Å². The van der Waals surface area contributed by atoms with Crippen molar-refractivity contribution in [2.75, 3.05) is 7.11 Å². The Bertz CT molecular complexity index is 2400. The van der Waals surface area contributed by atoms with Crippen LogP contribution in [-0.4, -0.2) is 31.0 Å². The summed E-state index contributed by atoms with van der Waals surface area (Å²) in [5.41, 5.74) is 12.2. The minimum atomic E-state index is -0.515. The molecule has 4 aromatic carbocycles. The fourth-order valence-corrected chi connectivity index (χ4v) is 6.28. The summed E-state index contributed by atoms with van der Waals surface area (Å²) in [6, 6.07) is 39.8. The van der Waals surface area contributed by atoms with Gasteiger partial charge in [-0.2, -0.15) is 0 Å². The number of ether oxygens (including phenoxy) is 1. The number of fused-ring (bicyclic) bond motifs is 2. The Labute approximate surface area is 300 Å². The van der Waals surface area contributed by atoms with E-state index in [4.69, 9.17) is 32.9 Å². The van der Waals surface area contributed by atoms with Gasteiger partial charge in [-0.1, -0.05) is 96.0 Å². The molecule has 0 aliphatic heterocycles. The van der Waals surface area contributed by atoms with E-state index in [2.05, 4.69) is 33.8 Å². The van der Waals surface area contributed by atoms with Gasteiger partial charge in [0.05, 0.1) is 24.1 Å². The van der Waals surface area contributed by atoms with Gasteiger partial charge in [0, 0.05) is 53.1 Å². The van der Waals surface area contributed by atoms with Crippen molar-refractivity contribution < 1.29 is 9.84 Å². The second-order valence-electron chi connectivity index (χ2n) is 12.0. The lowest BCUT2D eigenvalue weighted by Gasteiger charge is -2.12. The number of aromatic nitrogens is 4.